The minimum absolute atomic E-state index is 0.0255. The number of alkyl halides is 3. The largest absolute Gasteiger partial charge is 0.417 e. The number of aromatic nitrogens is 2. The normalized spacial score (nSPS) is 14.2. The van der Waals surface area contributed by atoms with Crippen LogP contribution >= 0.6 is 0 Å². The molecule has 9 heteroatoms. The van der Waals surface area contributed by atoms with E-state index in [0.29, 0.717) is 12.0 Å². The van der Waals surface area contributed by atoms with Gasteiger partial charge in [0.2, 0.25) is 0 Å². The molecule has 2 amide bonds. The Labute approximate surface area is 153 Å². The highest BCUT2D eigenvalue weighted by Gasteiger charge is 2.37. The fraction of sp³-hybridized carbons (Fsp3) is 0.389. The lowest BCUT2D eigenvalue weighted by molar-refractivity contribution is -0.138. The Hall–Kier alpha value is -2.84. The molecule has 0 radical (unpaired) electrons. The van der Waals surface area contributed by atoms with Gasteiger partial charge in [-0.2, -0.15) is 18.3 Å². The van der Waals surface area contributed by atoms with Gasteiger partial charge in [0.25, 0.3) is 11.8 Å². The van der Waals surface area contributed by atoms with Gasteiger partial charge >= 0.3 is 6.18 Å². The Morgan fingerprint density at radius 3 is 2.63 bits per heavy atom. The van der Waals surface area contributed by atoms with E-state index in [0.717, 1.165) is 11.8 Å². The van der Waals surface area contributed by atoms with Gasteiger partial charge in [0, 0.05) is 30.3 Å². The van der Waals surface area contributed by atoms with Crippen LogP contribution in [0.1, 0.15) is 51.5 Å². The van der Waals surface area contributed by atoms with E-state index in [2.05, 4.69) is 15.5 Å². The molecule has 1 aliphatic rings. The monoisotopic (exact) mass is 380 g/mol. The van der Waals surface area contributed by atoms with E-state index in [-0.39, 0.29) is 30.7 Å². The Morgan fingerprint density at radius 1 is 1.26 bits per heavy atom. The van der Waals surface area contributed by atoms with Crippen molar-refractivity contribution < 1.29 is 22.8 Å². The summed E-state index contributed by atoms with van der Waals surface area (Å²) in [5, 5.41) is 9.53. The van der Waals surface area contributed by atoms with Crippen molar-refractivity contribution in [1.82, 2.24) is 20.4 Å². The number of hydrogen-bond acceptors (Lipinski definition) is 3. The van der Waals surface area contributed by atoms with Gasteiger partial charge in [-0.1, -0.05) is 12.1 Å². The third kappa shape index (κ3) is 3.81. The molecule has 0 aliphatic carbocycles. The van der Waals surface area contributed by atoms with Crippen LogP contribution in [0.4, 0.5) is 13.2 Å². The second kappa shape index (κ2) is 7.05. The zero-order valence-electron chi connectivity index (χ0n) is 14.9. The molecule has 1 aromatic carbocycles. The van der Waals surface area contributed by atoms with Gasteiger partial charge in [0.1, 0.15) is 0 Å². The van der Waals surface area contributed by atoms with Crippen LogP contribution in [-0.2, 0) is 19.1 Å². The molecule has 0 saturated heterocycles. The summed E-state index contributed by atoms with van der Waals surface area (Å²) in [4.78, 5) is 26.3. The molecule has 0 atom stereocenters. The molecule has 1 aromatic heterocycles. The molecule has 144 valence electrons. The molecule has 0 fully saturated rings. The molecule has 3 rings (SSSR count). The molecule has 0 spiro atoms. The summed E-state index contributed by atoms with van der Waals surface area (Å²) in [6.45, 7) is 3.88. The van der Waals surface area contributed by atoms with Gasteiger partial charge in [0.15, 0.2) is 5.69 Å². The zero-order chi connectivity index (χ0) is 19.8. The predicted molar refractivity (Wildman–Crippen MR) is 91.1 cm³/mol. The van der Waals surface area contributed by atoms with Crippen LogP contribution in [0.3, 0.4) is 0 Å². The van der Waals surface area contributed by atoms with E-state index in [4.69, 9.17) is 0 Å². The Morgan fingerprint density at radius 2 is 1.96 bits per heavy atom. The number of aromatic amines is 1. The first kappa shape index (κ1) is 18.9. The van der Waals surface area contributed by atoms with Gasteiger partial charge < -0.3 is 10.2 Å². The SMILES string of the molecule is CC(C)NC(=O)c1n[nH]c2c1CN(C(=O)c1ccccc1C(F)(F)F)CC2. The highest BCUT2D eigenvalue weighted by molar-refractivity contribution is 5.97. The van der Waals surface area contributed by atoms with Crippen molar-refractivity contribution in [3.05, 3.63) is 52.3 Å². The summed E-state index contributed by atoms with van der Waals surface area (Å²) in [6.07, 6.45) is -4.23. The van der Waals surface area contributed by atoms with Gasteiger partial charge in [-0.25, -0.2) is 0 Å². The third-order valence-electron chi connectivity index (χ3n) is 4.32. The van der Waals surface area contributed by atoms with Crippen LogP contribution in [0.25, 0.3) is 0 Å². The van der Waals surface area contributed by atoms with Crippen LogP contribution in [0.2, 0.25) is 0 Å². The number of H-pyrrole nitrogens is 1. The molecule has 2 aromatic rings. The minimum Gasteiger partial charge on any atom is -0.348 e. The number of carbonyl (C=O) groups excluding carboxylic acids is 2. The summed E-state index contributed by atoms with van der Waals surface area (Å²) in [5.74, 6) is -1.10. The maximum Gasteiger partial charge on any atom is 0.417 e. The van der Waals surface area contributed by atoms with Crippen molar-refractivity contribution in [3.63, 3.8) is 0 Å². The van der Waals surface area contributed by atoms with Crippen molar-refractivity contribution in [2.24, 2.45) is 0 Å². The number of nitrogens with zero attached hydrogens (tertiary/aromatic N) is 2. The molecule has 2 N–H and O–H groups in total. The van der Waals surface area contributed by atoms with Crippen molar-refractivity contribution in [2.45, 2.75) is 39.0 Å². The van der Waals surface area contributed by atoms with Crippen LogP contribution in [0.15, 0.2) is 24.3 Å². The highest BCUT2D eigenvalue weighted by Crippen LogP contribution is 2.33. The first-order chi connectivity index (χ1) is 12.7. The Balaban J connectivity index is 1.88. The molecule has 2 heterocycles. The fourth-order valence-corrected chi connectivity index (χ4v) is 3.07. The molecule has 1 aliphatic heterocycles. The number of amides is 2. The smallest absolute Gasteiger partial charge is 0.348 e. The van der Waals surface area contributed by atoms with E-state index in [1.165, 1.54) is 23.1 Å². The summed E-state index contributed by atoms with van der Waals surface area (Å²) < 4.78 is 39.7. The number of fused-ring (bicyclic) bond motifs is 1. The fourth-order valence-electron chi connectivity index (χ4n) is 3.07. The highest BCUT2D eigenvalue weighted by atomic mass is 19.4. The lowest BCUT2D eigenvalue weighted by Gasteiger charge is -2.28. The quantitative estimate of drug-likeness (QED) is 0.860. The van der Waals surface area contributed by atoms with Gasteiger partial charge in [0.05, 0.1) is 17.7 Å². The van der Waals surface area contributed by atoms with Crippen LogP contribution in [0, 0.1) is 0 Å². The number of nitrogens with one attached hydrogen (secondary N) is 2. The minimum atomic E-state index is -4.62. The third-order valence-corrected chi connectivity index (χ3v) is 4.32. The maximum absolute atomic E-state index is 13.2. The lowest BCUT2D eigenvalue weighted by atomic mass is 10.0. The van der Waals surface area contributed by atoms with E-state index < -0.39 is 23.2 Å². The number of hydrogen-bond donors (Lipinski definition) is 2. The molecule has 0 saturated carbocycles. The molecule has 6 nitrogen and oxygen atoms in total. The Kier molecular flexibility index (Phi) is 4.95. The summed E-state index contributed by atoms with van der Waals surface area (Å²) >= 11 is 0. The molecule has 0 bridgehead atoms. The molecular formula is C18H19F3N4O2. The summed E-state index contributed by atoms with van der Waals surface area (Å²) in [6, 6.07) is 4.62. The van der Waals surface area contributed by atoms with E-state index >= 15 is 0 Å². The number of rotatable bonds is 3. The summed E-state index contributed by atoms with van der Waals surface area (Å²) in [5.41, 5.74) is 0.0606. The first-order valence-corrected chi connectivity index (χ1v) is 8.51. The van der Waals surface area contributed by atoms with Crippen molar-refractivity contribution in [1.29, 1.82) is 0 Å². The maximum atomic E-state index is 13.2. The van der Waals surface area contributed by atoms with Gasteiger partial charge in [-0.15, -0.1) is 0 Å². The van der Waals surface area contributed by atoms with Gasteiger partial charge in [-0.05, 0) is 26.0 Å². The average molecular weight is 380 g/mol. The predicted octanol–water partition coefficient (Wildman–Crippen LogP) is 2.77. The van der Waals surface area contributed by atoms with Crippen molar-refractivity contribution >= 4 is 11.8 Å². The zero-order valence-corrected chi connectivity index (χ0v) is 14.9. The standard InChI is InChI=1S/C18H19F3N4O2/c1-10(2)22-16(26)15-12-9-25(8-7-14(12)23-24-15)17(27)11-5-3-4-6-13(11)18(19,20)21/h3-6,10H,7-9H2,1-2H3,(H,22,26)(H,23,24). The molecule has 27 heavy (non-hydrogen) atoms. The number of halogens is 3. The Bertz CT molecular complexity index is 874. The van der Waals surface area contributed by atoms with Crippen LogP contribution in [0.5, 0.6) is 0 Å². The average Bonchev–Trinajstić information content (AvgIpc) is 3.03. The topological polar surface area (TPSA) is 78.1 Å². The van der Waals surface area contributed by atoms with Crippen molar-refractivity contribution in [3.8, 4) is 0 Å². The van der Waals surface area contributed by atoms with E-state index in [1.807, 2.05) is 0 Å². The first-order valence-electron chi connectivity index (χ1n) is 8.51. The van der Waals surface area contributed by atoms with Crippen molar-refractivity contribution in [2.75, 3.05) is 6.54 Å². The second-order valence-electron chi connectivity index (χ2n) is 6.68. The van der Waals surface area contributed by atoms with Crippen LogP contribution in [-0.4, -0.2) is 39.5 Å². The van der Waals surface area contributed by atoms with E-state index in [1.54, 1.807) is 13.8 Å². The summed E-state index contributed by atoms with van der Waals surface area (Å²) in [7, 11) is 0. The lowest BCUT2D eigenvalue weighted by Crippen LogP contribution is -2.38. The number of benzene rings is 1. The molecule has 0 unspecified atom stereocenters. The van der Waals surface area contributed by atoms with E-state index in [9.17, 15) is 22.8 Å². The molecular weight excluding hydrogens is 361 g/mol. The van der Waals surface area contributed by atoms with Crippen LogP contribution < -0.4 is 5.32 Å². The van der Waals surface area contributed by atoms with Gasteiger partial charge in [-0.3, -0.25) is 14.7 Å². The number of carbonyl (C=O) groups is 2. The second-order valence-corrected chi connectivity index (χ2v) is 6.68.